The molecule has 1 aliphatic heterocycles. The van der Waals surface area contributed by atoms with Crippen molar-refractivity contribution < 1.29 is 9.53 Å². The van der Waals surface area contributed by atoms with Crippen LogP contribution in [0.4, 0.5) is 4.79 Å². The van der Waals surface area contributed by atoms with Crippen molar-refractivity contribution >= 4 is 6.09 Å². The second-order valence-electron chi connectivity index (χ2n) is 6.89. The Morgan fingerprint density at radius 1 is 1.45 bits per heavy atom. The first-order chi connectivity index (χ1) is 9.42. The zero-order chi connectivity index (χ0) is 14.3. The number of hydrogen-bond acceptors (Lipinski definition) is 3. The zero-order valence-electron chi connectivity index (χ0n) is 12.6. The van der Waals surface area contributed by atoms with E-state index in [-0.39, 0.29) is 6.09 Å². The van der Waals surface area contributed by atoms with E-state index in [9.17, 15) is 4.79 Å². The van der Waals surface area contributed by atoms with Gasteiger partial charge in [0.05, 0.1) is 24.3 Å². The van der Waals surface area contributed by atoms with Gasteiger partial charge in [0.1, 0.15) is 5.60 Å². The molecule has 3 rings (SSSR count). The first-order valence-electron chi connectivity index (χ1n) is 7.43. The minimum atomic E-state index is -0.439. The quantitative estimate of drug-likeness (QED) is 0.834. The second kappa shape index (κ2) is 4.79. The minimum Gasteiger partial charge on any atom is -0.444 e. The number of hydrogen-bond donors (Lipinski definition) is 0. The van der Waals surface area contributed by atoms with E-state index in [2.05, 4.69) is 9.55 Å². The lowest BCUT2D eigenvalue weighted by Crippen LogP contribution is -2.40. The molecule has 5 nitrogen and oxygen atoms in total. The molecule has 2 aliphatic rings. The van der Waals surface area contributed by atoms with Crippen LogP contribution in [0.25, 0.3) is 0 Å². The van der Waals surface area contributed by atoms with Crippen molar-refractivity contribution in [1.82, 2.24) is 14.5 Å². The van der Waals surface area contributed by atoms with Crippen molar-refractivity contribution in [3.05, 3.63) is 17.7 Å². The zero-order valence-corrected chi connectivity index (χ0v) is 12.6. The van der Waals surface area contributed by atoms with Gasteiger partial charge in [0, 0.05) is 19.5 Å². The molecule has 1 fully saturated rings. The summed E-state index contributed by atoms with van der Waals surface area (Å²) in [4.78, 5) is 18.4. The highest BCUT2D eigenvalue weighted by atomic mass is 16.6. The molecule has 0 radical (unpaired) electrons. The monoisotopic (exact) mass is 277 g/mol. The molecule has 1 aromatic rings. The van der Waals surface area contributed by atoms with Crippen LogP contribution in [0.3, 0.4) is 0 Å². The van der Waals surface area contributed by atoms with Crippen LogP contribution in [-0.2, 0) is 24.2 Å². The molecule has 0 atom stereocenters. The molecule has 1 aromatic heterocycles. The third-order valence-electron chi connectivity index (χ3n) is 3.80. The van der Waals surface area contributed by atoms with Crippen molar-refractivity contribution in [1.29, 1.82) is 0 Å². The van der Waals surface area contributed by atoms with Crippen molar-refractivity contribution in [2.45, 2.75) is 58.7 Å². The number of imidazole rings is 1. The fourth-order valence-electron chi connectivity index (χ4n) is 2.56. The van der Waals surface area contributed by atoms with Gasteiger partial charge < -0.3 is 14.2 Å². The highest BCUT2D eigenvalue weighted by molar-refractivity contribution is 5.68. The number of carbonyl (C=O) groups excluding carboxylic acids is 1. The van der Waals surface area contributed by atoms with Gasteiger partial charge in [-0.2, -0.15) is 0 Å². The molecule has 0 saturated heterocycles. The molecule has 0 N–H and O–H groups in total. The second-order valence-corrected chi connectivity index (χ2v) is 6.89. The summed E-state index contributed by atoms with van der Waals surface area (Å²) in [6, 6.07) is 0. The molecule has 5 heteroatoms. The number of nitrogens with zero attached hydrogens (tertiary/aromatic N) is 3. The summed E-state index contributed by atoms with van der Waals surface area (Å²) in [6.07, 6.45) is 5.18. The van der Waals surface area contributed by atoms with Crippen molar-refractivity contribution in [3.63, 3.8) is 0 Å². The van der Waals surface area contributed by atoms with Gasteiger partial charge >= 0.3 is 6.09 Å². The maximum atomic E-state index is 12.2. The largest absolute Gasteiger partial charge is 0.444 e. The minimum absolute atomic E-state index is 0.220. The molecule has 1 aliphatic carbocycles. The summed E-state index contributed by atoms with van der Waals surface area (Å²) in [5.41, 5.74) is 1.89. The van der Waals surface area contributed by atoms with Crippen LogP contribution in [0, 0.1) is 5.92 Å². The lowest BCUT2D eigenvalue weighted by atomic mass is 10.1. The van der Waals surface area contributed by atoms with E-state index in [1.807, 2.05) is 27.1 Å². The van der Waals surface area contributed by atoms with Crippen LogP contribution in [0.1, 0.15) is 45.0 Å². The number of ether oxygens (including phenoxy) is 1. The van der Waals surface area contributed by atoms with Gasteiger partial charge in [0.2, 0.25) is 0 Å². The Morgan fingerprint density at radius 3 is 2.85 bits per heavy atom. The first-order valence-corrected chi connectivity index (χ1v) is 7.43. The maximum Gasteiger partial charge on any atom is 0.410 e. The third kappa shape index (κ3) is 2.97. The van der Waals surface area contributed by atoms with E-state index in [0.29, 0.717) is 13.1 Å². The highest BCUT2D eigenvalue weighted by Gasteiger charge is 2.29. The summed E-state index contributed by atoms with van der Waals surface area (Å²) >= 11 is 0. The fourth-order valence-corrected chi connectivity index (χ4v) is 2.56. The number of aromatic nitrogens is 2. The molecule has 0 aromatic carbocycles. The van der Waals surface area contributed by atoms with E-state index >= 15 is 0 Å². The van der Waals surface area contributed by atoms with E-state index in [1.165, 1.54) is 18.5 Å². The van der Waals surface area contributed by atoms with Gasteiger partial charge in [0.25, 0.3) is 0 Å². The van der Waals surface area contributed by atoms with Crippen LogP contribution >= 0.6 is 0 Å². The standard InChI is InChI=1S/C15H23N3O2/c1-15(2,3)20-14(19)17-7-6-12-13(9-17)18(10-16-12)8-11-4-5-11/h10-11H,4-9H2,1-3H3. The van der Waals surface area contributed by atoms with Gasteiger partial charge in [-0.1, -0.05) is 0 Å². The van der Waals surface area contributed by atoms with Crippen LogP contribution in [0.15, 0.2) is 6.33 Å². The van der Waals surface area contributed by atoms with Crippen LogP contribution < -0.4 is 0 Å². The average molecular weight is 277 g/mol. The first kappa shape index (κ1) is 13.5. The third-order valence-corrected chi connectivity index (χ3v) is 3.80. The highest BCUT2D eigenvalue weighted by Crippen LogP contribution is 2.32. The summed E-state index contributed by atoms with van der Waals surface area (Å²) < 4.78 is 7.69. The van der Waals surface area contributed by atoms with Gasteiger partial charge in [-0.15, -0.1) is 0 Å². The van der Waals surface area contributed by atoms with E-state index in [1.54, 1.807) is 4.90 Å². The number of carbonyl (C=O) groups is 1. The van der Waals surface area contributed by atoms with Crippen molar-refractivity contribution in [2.75, 3.05) is 6.54 Å². The predicted octanol–water partition coefficient (Wildman–Crippen LogP) is 2.59. The number of fused-ring (bicyclic) bond motifs is 1. The van der Waals surface area contributed by atoms with Gasteiger partial charge in [0.15, 0.2) is 0 Å². The Bertz CT molecular complexity index is 512. The Hall–Kier alpha value is -1.52. The summed E-state index contributed by atoms with van der Waals surface area (Å²) in [5.74, 6) is 0.810. The van der Waals surface area contributed by atoms with Gasteiger partial charge in [-0.25, -0.2) is 9.78 Å². The summed E-state index contributed by atoms with van der Waals surface area (Å²) in [6.45, 7) is 8.07. The Balaban J connectivity index is 1.70. The molecule has 110 valence electrons. The Morgan fingerprint density at radius 2 is 2.20 bits per heavy atom. The van der Waals surface area contributed by atoms with Gasteiger partial charge in [-0.05, 0) is 39.5 Å². The number of rotatable bonds is 2. The molecule has 1 saturated carbocycles. The maximum absolute atomic E-state index is 12.2. The Kier molecular flexibility index (Phi) is 3.22. The molecule has 0 bridgehead atoms. The molecule has 2 heterocycles. The van der Waals surface area contributed by atoms with Crippen molar-refractivity contribution in [3.8, 4) is 0 Å². The molecular weight excluding hydrogens is 254 g/mol. The predicted molar refractivity (Wildman–Crippen MR) is 75.3 cm³/mol. The molecule has 0 unspecified atom stereocenters. The van der Waals surface area contributed by atoms with Crippen LogP contribution in [-0.4, -0.2) is 32.7 Å². The molecule has 20 heavy (non-hydrogen) atoms. The lowest BCUT2D eigenvalue weighted by molar-refractivity contribution is 0.0218. The average Bonchev–Trinajstić information content (AvgIpc) is 3.07. The van der Waals surface area contributed by atoms with Crippen molar-refractivity contribution in [2.24, 2.45) is 5.92 Å². The number of amides is 1. The summed E-state index contributed by atoms with van der Waals surface area (Å²) in [7, 11) is 0. The van der Waals surface area contributed by atoms with Gasteiger partial charge in [-0.3, -0.25) is 0 Å². The van der Waals surface area contributed by atoms with Crippen LogP contribution in [0.2, 0.25) is 0 Å². The van der Waals surface area contributed by atoms with Crippen LogP contribution in [0.5, 0.6) is 0 Å². The normalized spacial score (nSPS) is 18.9. The smallest absolute Gasteiger partial charge is 0.410 e. The molecular formula is C15H23N3O2. The summed E-state index contributed by atoms with van der Waals surface area (Å²) in [5, 5.41) is 0. The molecule has 1 amide bonds. The van der Waals surface area contributed by atoms with E-state index in [0.717, 1.165) is 24.6 Å². The fraction of sp³-hybridized carbons (Fsp3) is 0.733. The van der Waals surface area contributed by atoms with E-state index < -0.39 is 5.60 Å². The topological polar surface area (TPSA) is 47.4 Å². The Labute approximate surface area is 119 Å². The molecule has 0 spiro atoms. The van der Waals surface area contributed by atoms with E-state index in [4.69, 9.17) is 4.74 Å². The SMILES string of the molecule is CC(C)(C)OC(=O)N1CCc2ncn(CC3CC3)c2C1. The lowest BCUT2D eigenvalue weighted by Gasteiger charge is -2.30.